The lowest BCUT2D eigenvalue weighted by Gasteiger charge is -2.17. The number of ketones is 1. The summed E-state index contributed by atoms with van der Waals surface area (Å²) in [7, 11) is 3.06. The number of amides is 2. The van der Waals surface area contributed by atoms with Gasteiger partial charge >= 0.3 is 0 Å². The Morgan fingerprint density at radius 2 is 1.61 bits per heavy atom. The predicted molar refractivity (Wildman–Crippen MR) is 109 cm³/mol. The largest absolute Gasteiger partial charge is 0.496 e. The summed E-state index contributed by atoms with van der Waals surface area (Å²) in [5.74, 6) is -0.217. The Balaban J connectivity index is 1.86. The Labute approximate surface area is 165 Å². The van der Waals surface area contributed by atoms with Crippen LogP contribution in [0.5, 0.6) is 5.75 Å². The zero-order chi connectivity index (χ0) is 20.7. The molecule has 0 bridgehead atoms. The van der Waals surface area contributed by atoms with Gasteiger partial charge < -0.3 is 15.0 Å². The first-order valence-corrected chi connectivity index (χ1v) is 9.08. The Morgan fingerprint density at radius 3 is 2.25 bits per heavy atom. The normalized spacial score (nSPS) is 10.3. The Bertz CT molecular complexity index is 859. The number of nitrogens with one attached hydrogen (secondary N) is 1. The first kappa shape index (κ1) is 21.2. The van der Waals surface area contributed by atoms with Gasteiger partial charge in [-0.2, -0.15) is 0 Å². The second kappa shape index (κ2) is 9.69. The highest BCUT2D eigenvalue weighted by atomic mass is 16.5. The second-order valence-electron chi connectivity index (χ2n) is 6.79. The molecule has 0 saturated carbocycles. The molecular formula is C22H26N2O4. The molecule has 0 spiro atoms. The number of ether oxygens (including phenoxy) is 1. The number of hydrogen-bond donors (Lipinski definition) is 1. The molecule has 0 aliphatic heterocycles. The zero-order valence-corrected chi connectivity index (χ0v) is 16.7. The van der Waals surface area contributed by atoms with Crippen molar-refractivity contribution in [1.29, 1.82) is 0 Å². The quantitative estimate of drug-likeness (QED) is 0.710. The highest BCUT2D eigenvalue weighted by Gasteiger charge is 2.17. The Hall–Kier alpha value is -3.15. The number of carbonyl (C=O) groups is 3. The molecule has 6 heteroatoms. The SMILES string of the molecule is COc1ccc(C)cc1C(=O)CCC(=O)N(C)CC(=O)Nc1ccc(C)cc1. The van der Waals surface area contributed by atoms with Crippen molar-refractivity contribution in [3.8, 4) is 5.75 Å². The molecule has 2 aromatic carbocycles. The number of anilines is 1. The number of aryl methyl sites for hydroxylation is 2. The molecule has 1 N–H and O–H groups in total. The van der Waals surface area contributed by atoms with Crippen LogP contribution in [-0.4, -0.2) is 43.2 Å². The molecule has 6 nitrogen and oxygen atoms in total. The molecule has 2 aromatic rings. The second-order valence-corrected chi connectivity index (χ2v) is 6.79. The fourth-order valence-electron chi connectivity index (χ4n) is 2.73. The molecule has 0 aliphatic rings. The van der Waals surface area contributed by atoms with E-state index in [1.165, 1.54) is 12.0 Å². The summed E-state index contributed by atoms with van der Waals surface area (Å²) in [6.07, 6.45) is 0.0901. The molecule has 0 heterocycles. The van der Waals surface area contributed by atoms with Gasteiger partial charge in [-0.1, -0.05) is 29.3 Å². The van der Waals surface area contributed by atoms with Crippen molar-refractivity contribution < 1.29 is 19.1 Å². The summed E-state index contributed by atoms with van der Waals surface area (Å²) in [4.78, 5) is 38.2. The van der Waals surface area contributed by atoms with E-state index < -0.39 is 0 Å². The third kappa shape index (κ3) is 5.94. The van der Waals surface area contributed by atoms with Crippen LogP contribution in [0.25, 0.3) is 0 Å². The van der Waals surface area contributed by atoms with Crippen molar-refractivity contribution in [2.24, 2.45) is 0 Å². The predicted octanol–water partition coefficient (Wildman–Crippen LogP) is 3.37. The van der Waals surface area contributed by atoms with E-state index in [1.807, 2.05) is 44.2 Å². The third-order valence-electron chi connectivity index (χ3n) is 4.36. The van der Waals surface area contributed by atoms with Crippen LogP contribution in [0.1, 0.15) is 34.3 Å². The number of benzene rings is 2. The van der Waals surface area contributed by atoms with Gasteiger partial charge in [0.05, 0.1) is 19.2 Å². The molecule has 0 unspecified atom stereocenters. The molecule has 148 valence electrons. The molecule has 0 fully saturated rings. The van der Waals surface area contributed by atoms with Crippen LogP contribution in [-0.2, 0) is 9.59 Å². The molecule has 2 rings (SSSR count). The minimum Gasteiger partial charge on any atom is -0.496 e. The van der Waals surface area contributed by atoms with Crippen molar-refractivity contribution in [2.45, 2.75) is 26.7 Å². The van der Waals surface area contributed by atoms with Gasteiger partial charge in [-0.15, -0.1) is 0 Å². The maximum Gasteiger partial charge on any atom is 0.243 e. The minimum absolute atomic E-state index is 0.0320. The van der Waals surface area contributed by atoms with Crippen LogP contribution in [0, 0.1) is 13.8 Å². The van der Waals surface area contributed by atoms with E-state index in [-0.39, 0.29) is 37.0 Å². The molecule has 28 heavy (non-hydrogen) atoms. The zero-order valence-electron chi connectivity index (χ0n) is 16.7. The van der Waals surface area contributed by atoms with Crippen LogP contribution in [0.4, 0.5) is 5.69 Å². The number of rotatable bonds is 8. The topological polar surface area (TPSA) is 75.7 Å². The first-order chi connectivity index (χ1) is 13.3. The van der Waals surface area contributed by atoms with E-state index >= 15 is 0 Å². The summed E-state index contributed by atoms with van der Waals surface area (Å²) in [6, 6.07) is 12.8. The molecule has 0 atom stereocenters. The van der Waals surface area contributed by atoms with E-state index in [9.17, 15) is 14.4 Å². The standard InChI is InChI=1S/C22H26N2O4/c1-15-5-8-17(9-6-15)23-21(26)14-24(3)22(27)12-10-19(25)18-13-16(2)7-11-20(18)28-4/h5-9,11,13H,10,12,14H2,1-4H3,(H,23,26). The van der Waals surface area contributed by atoms with E-state index in [0.29, 0.717) is 17.0 Å². The third-order valence-corrected chi connectivity index (χ3v) is 4.36. The number of Topliss-reactive ketones (excluding diaryl/α,β-unsaturated/α-hetero) is 1. The fourth-order valence-corrected chi connectivity index (χ4v) is 2.73. The van der Waals surface area contributed by atoms with Gasteiger partial charge in [-0.3, -0.25) is 14.4 Å². The summed E-state index contributed by atoms with van der Waals surface area (Å²) >= 11 is 0. The van der Waals surface area contributed by atoms with Crippen LogP contribution in [0.15, 0.2) is 42.5 Å². The molecular weight excluding hydrogens is 356 g/mol. The Morgan fingerprint density at radius 1 is 0.964 bits per heavy atom. The number of likely N-dealkylation sites (N-methyl/N-ethyl adjacent to an activating group) is 1. The maximum absolute atomic E-state index is 12.5. The van der Waals surface area contributed by atoms with Crippen molar-refractivity contribution >= 4 is 23.3 Å². The lowest BCUT2D eigenvalue weighted by molar-refractivity contribution is -0.133. The highest BCUT2D eigenvalue weighted by Crippen LogP contribution is 2.21. The van der Waals surface area contributed by atoms with Gasteiger partial charge in [0.25, 0.3) is 0 Å². The van der Waals surface area contributed by atoms with Crippen LogP contribution >= 0.6 is 0 Å². The van der Waals surface area contributed by atoms with Crippen LogP contribution in [0.3, 0.4) is 0 Å². The first-order valence-electron chi connectivity index (χ1n) is 9.08. The molecule has 0 aliphatic carbocycles. The number of carbonyl (C=O) groups excluding carboxylic acids is 3. The highest BCUT2D eigenvalue weighted by molar-refractivity contribution is 6.01. The summed E-state index contributed by atoms with van der Waals surface area (Å²) in [5.41, 5.74) is 3.19. The van der Waals surface area contributed by atoms with Gasteiger partial charge in [0.15, 0.2) is 5.78 Å². The lowest BCUT2D eigenvalue weighted by atomic mass is 10.0. The van der Waals surface area contributed by atoms with Crippen LogP contribution < -0.4 is 10.1 Å². The smallest absolute Gasteiger partial charge is 0.243 e. The van der Waals surface area contributed by atoms with Crippen LogP contribution in [0.2, 0.25) is 0 Å². The maximum atomic E-state index is 12.5. The molecule has 0 saturated heterocycles. The van der Waals surface area contributed by atoms with Gasteiger partial charge in [-0.25, -0.2) is 0 Å². The van der Waals surface area contributed by atoms with Gasteiger partial charge in [-0.05, 0) is 38.1 Å². The molecule has 0 aromatic heterocycles. The Kier molecular flexibility index (Phi) is 7.32. The number of methoxy groups -OCH3 is 1. The van der Waals surface area contributed by atoms with Crippen molar-refractivity contribution in [3.63, 3.8) is 0 Å². The average molecular weight is 382 g/mol. The van der Waals surface area contributed by atoms with Crippen molar-refractivity contribution in [2.75, 3.05) is 26.0 Å². The van der Waals surface area contributed by atoms with E-state index in [4.69, 9.17) is 4.74 Å². The number of nitrogens with zero attached hydrogens (tertiary/aromatic N) is 1. The number of hydrogen-bond acceptors (Lipinski definition) is 4. The van der Waals surface area contributed by atoms with E-state index in [2.05, 4.69) is 5.32 Å². The van der Waals surface area contributed by atoms with Crippen molar-refractivity contribution in [3.05, 3.63) is 59.2 Å². The van der Waals surface area contributed by atoms with Crippen molar-refractivity contribution in [1.82, 2.24) is 4.90 Å². The lowest BCUT2D eigenvalue weighted by Crippen LogP contribution is -2.35. The van der Waals surface area contributed by atoms with Gasteiger partial charge in [0.1, 0.15) is 5.75 Å². The summed E-state index contributed by atoms with van der Waals surface area (Å²) in [5, 5.41) is 2.75. The monoisotopic (exact) mass is 382 g/mol. The average Bonchev–Trinajstić information content (AvgIpc) is 2.67. The molecule has 0 radical (unpaired) electrons. The molecule has 2 amide bonds. The van der Waals surface area contributed by atoms with Gasteiger partial charge in [0.2, 0.25) is 11.8 Å². The summed E-state index contributed by atoms with van der Waals surface area (Å²) < 4.78 is 5.22. The van der Waals surface area contributed by atoms with E-state index in [1.54, 1.807) is 19.2 Å². The van der Waals surface area contributed by atoms with E-state index in [0.717, 1.165) is 11.1 Å². The minimum atomic E-state index is -0.286. The fraction of sp³-hybridized carbons (Fsp3) is 0.318. The summed E-state index contributed by atoms with van der Waals surface area (Å²) in [6.45, 7) is 3.78. The van der Waals surface area contributed by atoms with Gasteiger partial charge in [0, 0.05) is 25.6 Å².